The number of carbonyl (C=O) groups is 1. The number of hydrogen-bond acceptors (Lipinski definition) is 5. The van der Waals surface area contributed by atoms with Crippen molar-refractivity contribution in [1.82, 2.24) is 9.36 Å². The van der Waals surface area contributed by atoms with Crippen LogP contribution in [0.2, 0.25) is 0 Å². The Morgan fingerprint density at radius 3 is 2.48 bits per heavy atom. The van der Waals surface area contributed by atoms with Crippen molar-refractivity contribution in [3.8, 4) is 0 Å². The third-order valence-corrected chi connectivity index (χ3v) is 6.01. The summed E-state index contributed by atoms with van der Waals surface area (Å²) in [6, 6.07) is 14.5. The first-order valence-electron chi connectivity index (χ1n) is 10.8. The van der Waals surface area contributed by atoms with Gasteiger partial charge >= 0.3 is 0 Å². The maximum absolute atomic E-state index is 12.5. The average Bonchev–Trinajstić information content (AvgIpc) is 3.18. The second kappa shape index (κ2) is 10.5. The van der Waals surface area contributed by atoms with Crippen LogP contribution in [0.4, 0.5) is 10.8 Å². The quantitative estimate of drug-likeness (QED) is 0.478. The van der Waals surface area contributed by atoms with Gasteiger partial charge in [-0.05, 0) is 55.5 Å². The van der Waals surface area contributed by atoms with Crippen molar-refractivity contribution in [3.05, 3.63) is 70.5 Å². The van der Waals surface area contributed by atoms with E-state index in [1.54, 1.807) is 0 Å². The van der Waals surface area contributed by atoms with Crippen LogP contribution in [0.25, 0.3) is 0 Å². The van der Waals surface area contributed by atoms with Crippen LogP contribution in [-0.2, 0) is 11.2 Å². The number of benzene rings is 2. The van der Waals surface area contributed by atoms with Crippen LogP contribution in [0.3, 0.4) is 0 Å². The van der Waals surface area contributed by atoms with E-state index in [1.807, 2.05) is 18.2 Å². The molecule has 1 amide bonds. The molecule has 1 heterocycles. The third kappa shape index (κ3) is 6.89. The Hall–Kier alpha value is -2.73. The smallest absolute Gasteiger partial charge is 0.226 e. The number of hydrogen-bond donors (Lipinski definition) is 1. The lowest BCUT2D eigenvalue weighted by Crippen LogP contribution is -2.31. The molecule has 0 spiro atoms. The molecule has 3 aromatic rings. The van der Waals surface area contributed by atoms with Gasteiger partial charge in [0.05, 0.1) is 0 Å². The van der Waals surface area contributed by atoms with Crippen molar-refractivity contribution in [2.24, 2.45) is 5.92 Å². The summed E-state index contributed by atoms with van der Waals surface area (Å²) in [5.41, 5.74) is 5.70. The van der Waals surface area contributed by atoms with E-state index in [2.05, 4.69) is 73.5 Å². The molecule has 3 rings (SSSR count). The summed E-state index contributed by atoms with van der Waals surface area (Å²) in [5.74, 6) is 1.31. The molecule has 0 saturated heterocycles. The third-order valence-electron chi connectivity index (χ3n) is 5.20. The Kier molecular flexibility index (Phi) is 7.80. The van der Waals surface area contributed by atoms with E-state index < -0.39 is 0 Å². The molecule has 1 aromatic heterocycles. The number of nitrogens with one attached hydrogen (secondary N) is 1. The van der Waals surface area contributed by atoms with Crippen molar-refractivity contribution in [1.29, 1.82) is 0 Å². The standard InChI is InChI=1S/C25H32N4OS/c1-17(2)16-29(13-12-24(30)26-22-11-8-19(4)20(5)14-22)25-27-23(28-31-25)15-21-9-6-18(3)7-10-21/h6-11,14,17H,12-13,15-16H2,1-5H3,(H,26,30). The van der Waals surface area contributed by atoms with E-state index in [9.17, 15) is 4.79 Å². The lowest BCUT2D eigenvalue weighted by atomic mass is 10.1. The minimum atomic E-state index is 0.0152. The molecule has 0 saturated carbocycles. The Balaban J connectivity index is 1.62. The van der Waals surface area contributed by atoms with Crippen molar-refractivity contribution < 1.29 is 4.79 Å². The summed E-state index contributed by atoms with van der Waals surface area (Å²) >= 11 is 1.41. The zero-order valence-corrected chi connectivity index (χ0v) is 19.9. The summed E-state index contributed by atoms with van der Waals surface area (Å²) < 4.78 is 4.56. The van der Waals surface area contributed by atoms with E-state index in [0.717, 1.165) is 29.6 Å². The monoisotopic (exact) mass is 436 g/mol. The first-order chi connectivity index (χ1) is 14.8. The fourth-order valence-electron chi connectivity index (χ4n) is 3.32. The van der Waals surface area contributed by atoms with E-state index in [4.69, 9.17) is 4.98 Å². The fourth-order valence-corrected chi connectivity index (χ4v) is 4.04. The van der Waals surface area contributed by atoms with Crippen LogP contribution in [0, 0.1) is 26.7 Å². The van der Waals surface area contributed by atoms with Crippen LogP contribution < -0.4 is 10.2 Å². The van der Waals surface area contributed by atoms with Crippen LogP contribution in [0.1, 0.15) is 48.3 Å². The van der Waals surface area contributed by atoms with Gasteiger partial charge in [-0.15, -0.1) is 0 Å². The molecule has 0 unspecified atom stereocenters. The van der Waals surface area contributed by atoms with E-state index in [1.165, 1.54) is 33.8 Å². The van der Waals surface area contributed by atoms with Gasteiger partial charge in [0.15, 0.2) is 0 Å². The lowest BCUT2D eigenvalue weighted by molar-refractivity contribution is -0.116. The molecular weight excluding hydrogens is 404 g/mol. The van der Waals surface area contributed by atoms with Gasteiger partial charge in [-0.2, -0.15) is 4.37 Å². The van der Waals surface area contributed by atoms with Gasteiger partial charge in [0, 0.05) is 43.2 Å². The van der Waals surface area contributed by atoms with Gasteiger partial charge in [-0.25, -0.2) is 4.98 Å². The Morgan fingerprint density at radius 2 is 1.81 bits per heavy atom. The molecule has 0 radical (unpaired) electrons. The van der Waals surface area contributed by atoms with Crippen molar-refractivity contribution in [2.75, 3.05) is 23.3 Å². The van der Waals surface area contributed by atoms with E-state index in [-0.39, 0.29) is 5.91 Å². The number of rotatable bonds is 9. The number of anilines is 2. The maximum atomic E-state index is 12.5. The maximum Gasteiger partial charge on any atom is 0.226 e. The Labute approximate surface area is 189 Å². The molecule has 0 aliphatic heterocycles. The minimum Gasteiger partial charge on any atom is -0.346 e. The minimum absolute atomic E-state index is 0.0152. The molecule has 31 heavy (non-hydrogen) atoms. The van der Waals surface area contributed by atoms with E-state index >= 15 is 0 Å². The molecule has 164 valence electrons. The number of amides is 1. The number of nitrogens with zero attached hydrogens (tertiary/aromatic N) is 3. The zero-order valence-electron chi connectivity index (χ0n) is 19.1. The van der Waals surface area contributed by atoms with Gasteiger partial charge in [0.25, 0.3) is 0 Å². The van der Waals surface area contributed by atoms with Crippen LogP contribution in [-0.4, -0.2) is 28.4 Å². The largest absolute Gasteiger partial charge is 0.346 e. The molecule has 5 nitrogen and oxygen atoms in total. The summed E-state index contributed by atoms with van der Waals surface area (Å²) in [6.07, 6.45) is 1.13. The summed E-state index contributed by atoms with van der Waals surface area (Å²) in [6.45, 7) is 12.0. The molecule has 0 aliphatic carbocycles. The highest BCUT2D eigenvalue weighted by molar-refractivity contribution is 7.09. The molecule has 0 aliphatic rings. The first kappa shape index (κ1) is 22.9. The summed E-state index contributed by atoms with van der Waals surface area (Å²) in [7, 11) is 0. The average molecular weight is 437 g/mol. The zero-order chi connectivity index (χ0) is 22.4. The number of aromatic nitrogens is 2. The van der Waals surface area contributed by atoms with Gasteiger partial charge in [-0.1, -0.05) is 49.7 Å². The van der Waals surface area contributed by atoms with Crippen LogP contribution >= 0.6 is 11.5 Å². The van der Waals surface area contributed by atoms with Crippen LogP contribution in [0.15, 0.2) is 42.5 Å². The van der Waals surface area contributed by atoms with Crippen LogP contribution in [0.5, 0.6) is 0 Å². The van der Waals surface area contributed by atoms with Crippen molar-refractivity contribution in [3.63, 3.8) is 0 Å². The second-order valence-corrected chi connectivity index (χ2v) is 9.32. The second-order valence-electron chi connectivity index (χ2n) is 8.59. The molecular formula is C25H32N4OS. The number of carbonyl (C=O) groups excluding carboxylic acids is 1. The van der Waals surface area contributed by atoms with Gasteiger partial charge in [0.1, 0.15) is 5.82 Å². The molecule has 0 atom stereocenters. The molecule has 0 fully saturated rings. The van der Waals surface area contributed by atoms with Crippen molar-refractivity contribution in [2.45, 2.75) is 47.5 Å². The normalized spacial score (nSPS) is 11.0. The first-order valence-corrected chi connectivity index (χ1v) is 11.6. The fraction of sp³-hybridized carbons (Fsp3) is 0.400. The predicted octanol–water partition coefficient (Wildman–Crippen LogP) is 5.55. The SMILES string of the molecule is Cc1ccc(Cc2nsc(N(CCC(=O)Nc3ccc(C)c(C)c3)CC(C)C)n2)cc1. The molecule has 0 bridgehead atoms. The lowest BCUT2D eigenvalue weighted by Gasteiger charge is -2.23. The number of aryl methyl sites for hydroxylation is 3. The molecule has 1 N–H and O–H groups in total. The molecule has 6 heteroatoms. The predicted molar refractivity (Wildman–Crippen MR) is 130 cm³/mol. The summed E-state index contributed by atoms with van der Waals surface area (Å²) in [5, 5.41) is 3.90. The van der Waals surface area contributed by atoms with Gasteiger partial charge in [-0.3, -0.25) is 4.79 Å². The molecule has 2 aromatic carbocycles. The highest BCUT2D eigenvalue weighted by Gasteiger charge is 2.16. The van der Waals surface area contributed by atoms with Crippen molar-refractivity contribution >= 4 is 28.3 Å². The Bertz CT molecular complexity index is 1010. The Morgan fingerprint density at radius 1 is 1.06 bits per heavy atom. The summed E-state index contributed by atoms with van der Waals surface area (Å²) in [4.78, 5) is 19.5. The van der Waals surface area contributed by atoms with E-state index in [0.29, 0.717) is 18.9 Å². The topological polar surface area (TPSA) is 58.1 Å². The highest BCUT2D eigenvalue weighted by Crippen LogP contribution is 2.21. The van der Waals surface area contributed by atoms with Gasteiger partial charge < -0.3 is 10.2 Å². The van der Waals surface area contributed by atoms with Gasteiger partial charge in [0.2, 0.25) is 11.0 Å². The highest BCUT2D eigenvalue weighted by atomic mass is 32.1.